The molecule has 0 heterocycles. The van der Waals surface area contributed by atoms with Gasteiger partial charge in [-0.2, -0.15) is 0 Å². The molecular weight excluding hydrogens is 240 g/mol. The minimum absolute atomic E-state index is 0. The molecule has 3 nitrogen and oxygen atoms in total. The van der Waals surface area contributed by atoms with Crippen LogP contribution in [0.15, 0.2) is 0 Å². The van der Waals surface area contributed by atoms with E-state index in [1.54, 1.807) is 0 Å². The standard InChI is InChI=1S/Ba.Mn.H2O.2O/h;;1H2;;/q2*+2;;2*-2. The van der Waals surface area contributed by atoms with Gasteiger partial charge in [0.25, 0.3) is 0 Å². The van der Waals surface area contributed by atoms with Crippen LogP contribution in [0.1, 0.15) is 0 Å². The molecule has 0 unspecified atom stereocenters. The Labute approximate surface area is 81.0 Å². The SMILES string of the molecule is O.[Ba+2].[Mn+2].[O-2].[O-2]. The van der Waals surface area contributed by atoms with E-state index in [1.165, 1.54) is 0 Å². The van der Waals surface area contributed by atoms with Crippen LogP contribution in [0.3, 0.4) is 0 Å². The summed E-state index contributed by atoms with van der Waals surface area (Å²) in [6.07, 6.45) is 0. The minimum atomic E-state index is 0. The summed E-state index contributed by atoms with van der Waals surface area (Å²) >= 11 is 0. The largest absolute Gasteiger partial charge is 2.00 e. The van der Waals surface area contributed by atoms with Crippen LogP contribution in [0.2, 0.25) is 0 Å². The third-order valence-electron chi connectivity index (χ3n) is 0. The van der Waals surface area contributed by atoms with Crippen molar-refractivity contribution in [3.05, 3.63) is 0 Å². The van der Waals surface area contributed by atoms with Gasteiger partial charge in [-0.1, -0.05) is 0 Å². The molecule has 0 saturated heterocycles. The zero-order valence-corrected chi connectivity index (χ0v) is 8.02. The van der Waals surface area contributed by atoms with Crippen LogP contribution in [0, 0.1) is 0 Å². The molecule has 0 aromatic heterocycles. The van der Waals surface area contributed by atoms with Crippen molar-refractivity contribution in [2.75, 3.05) is 0 Å². The van der Waals surface area contributed by atoms with Crippen molar-refractivity contribution in [3.63, 3.8) is 0 Å². The van der Waals surface area contributed by atoms with Gasteiger partial charge in [-0.3, -0.25) is 0 Å². The molecule has 0 rings (SSSR count). The molecule has 0 atom stereocenters. The molecule has 0 aromatic carbocycles. The topological polar surface area (TPSA) is 88.5 Å². The third kappa shape index (κ3) is 24.2. The van der Waals surface area contributed by atoms with E-state index in [0.29, 0.717) is 0 Å². The molecule has 2 N–H and O–H groups in total. The first-order chi connectivity index (χ1) is 0. The number of hydrogen-bond acceptors (Lipinski definition) is 0. The molecule has 0 amide bonds. The summed E-state index contributed by atoms with van der Waals surface area (Å²) in [5.74, 6) is 0. The van der Waals surface area contributed by atoms with Crippen molar-refractivity contribution >= 4 is 48.9 Å². The van der Waals surface area contributed by atoms with Crippen LogP contribution >= 0.6 is 0 Å². The Morgan fingerprint density at radius 3 is 0.800 bits per heavy atom. The average Bonchev–Trinajstić information content (AvgIpc) is 0. The van der Waals surface area contributed by atoms with Gasteiger partial charge in [0.1, 0.15) is 0 Å². The van der Waals surface area contributed by atoms with E-state index >= 15 is 0 Å². The molecule has 0 saturated carbocycles. The van der Waals surface area contributed by atoms with E-state index in [1.807, 2.05) is 0 Å². The Morgan fingerprint density at radius 2 is 0.800 bits per heavy atom. The second-order valence-corrected chi connectivity index (χ2v) is 0. The van der Waals surface area contributed by atoms with Gasteiger partial charge in [0.2, 0.25) is 0 Å². The van der Waals surface area contributed by atoms with Crippen molar-refractivity contribution in [1.29, 1.82) is 0 Å². The molecule has 29 valence electrons. The Kier molecular flexibility index (Phi) is 486. The van der Waals surface area contributed by atoms with E-state index in [9.17, 15) is 0 Å². The van der Waals surface area contributed by atoms with E-state index in [-0.39, 0.29) is 82.4 Å². The van der Waals surface area contributed by atoms with Crippen LogP contribution in [0.4, 0.5) is 0 Å². The van der Waals surface area contributed by atoms with Gasteiger partial charge in [0.05, 0.1) is 0 Å². The molecule has 0 aliphatic heterocycles. The molecule has 1 radical (unpaired) electrons. The fourth-order valence-electron chi connectivity index (χ4n) is 0. The van der Waals surface area contributed by atoms with Crippen molar-refractivity contribution < 1.29 is 33.5 Å². The van der Waals surface area contributed by atoms with Crippen LogP contribution < -0.4 is 0 Å². The van der Waals surface area contributed by atoms with Gasteiger partial charge < -0.3 is 16.4 Å². The second-order valence-electron chi connectivity index (χ2n) is 0. The molecule has 0 spiro atoms. The first-order valence-electron chi connectivity index (χ1n) is 0. The average molecular weight is 242 g/mol. The smallest absolute Gasteiger partial charge is 2.00 e. The van der Waals surface area contributed by atoms with Gasteiger partial charge in [-0.05, 0) is 0 Å². The zero-order valence-electron chi connectivity index (χ0n) is 2.40. The summed E-state index contributed by atoms with van der Waals surface area (Å²) in [5.41, 5.74) is 0. The normalized spacial score (nSPS) is 0. The minimum Gasteiger partial charge on any atom is -2.00 e. The second kappa shape index (κ2) is 38.0. The molecule has 0 aliphatic rings. The molecule has 0 bridgehead atoms. The van der Waals surface area contributed by atoms with Gasteiger partial charge in [0, 0.05) is 0 Å². The Morgan fingerprint density at radius 1 is 0.800 bits per heavy atom. The summed E-state index contributed by atoms with van der Waals surface area (Å²) in [7, 11) is 0. The maximum atomic E-state index is 0. The zero-order chi connectivity index (χ0) is 0. The van der Waals surface area contributed by atoms with Crippen molar-refractivity contribution in [2.24, 2.45) is 0 Å². The molecular formula is H2BaMnO3. The van der Waals surface area contributed by atoms with Crippen LogP contribution in [-0.4, -0.2) is 54.4 Å². The summed E-state index contributed by atoms with van der Waals surface area (Å²) in [5, 5.41) is 0. The molecule has 0 aliphatic carbocycles. The monoisotopic (exact) mass is 243 g/mol. The summed E-state index contributed by atoms with van der Waals surface area (Å²) in [4.78, 5) is 0. The molecule has 0 fully saturated rings. The molecule has 5 heteroatoms. The van der Waals surface area contributed by atoms with Gasteiger partial charge >= 0.3 is 65.9 Å². The predicted octanol–water partition coefficient (Wildman–Crippen LogP) is -1.45. The predicted molar refractivity (Wildman–Crippen MR) is 10.7 cm³/mol. The Hall–Kier alpha value is 1.97. The van der Waals surface area contributed by atoms with Gasteiger partial charge in [-0.15, -0.1) is 0 Å². The first-order valence-corrected chi connectivity index (χ1v) is 0. The third-order valence-corrected chi connectivity index (χ3v) is 0. The molecule has 5 heavy (non-hydrogen) atoms. The maximum Gasteiger partial charge on any atom is 2.00 e. The summed E-state index contributed by atoms with van der Waals surface area (Å²) in [6, 6.07) is 0. The number of hydrogen-bond donors (Lipinski definition) is 0. The van der Waals surface area contributed by atoms with Crippen molar-refractivity contribution in [3.8, 4) is 0 Å². The first kappa shape index (κ1) is 64.0. The van der Waals surface area contributed by atoms with Crippen LogP contribution in [0.5, 0.6) is 0 Å². The number of rotatable bonds is 0. The van der Waals surface area contributed by atoms with E-state index in [0.717, 1.165) is 0 Å². The quantitative estimate of drug-likeness (QED) is 0.465. The van der Waals surface area contributed by atoms with Crippen molar-refractivity contribution in [2.45, 2.75) is 0 Å². The fourth-order valence-corrected chi connectivity index (χ4v) is 0. The fraction of sp³-hybridized carbons (Fsp3) is 0. The Bertz CT molecular complexity index is 6.85. The van der Waals surface area contributed by atoms with E-state index in [4.69, 9.17) is 0 Å². The van der Waals surface area contributed by atoms with Crippen LogP contribution in [-0.2, 0) is 28.0 Å². The van der Waals surface area contributed by atoms with E-state index in [2.05, 4.69) is 0 Å². The summed E-state index contributed by atoms with van der Waals surface area (Å²) in [6.45, 7) is 0. The maximum absolute atomic E-state index is 0. The van der Waals surface area contributed by atoms with Crippen LogP contribution in [0.25, 0.3) is 0 Å². The summed E-state index contributed by atoms with van der Waals surface area (Å²) < 4.78 is 0. The van der Waals surface area contributed by atoms with Crippen molar-refractivity contribution in [1.82, 2.24) is 0 Å². The Balaban J connectivity index is 0. The van der Waals surface area contributed by atoms with E-state index < -0.39 is 0 Å². The molecule has 0 aromatic rings. The van der Waals surface area contributed by atoms with Gasteiger partial charge in [0.15, 0.2) is 0 Å². The van der Waals surface area contributed by atoms with Gasteiger partial charge in [-0.25, -0.2) is 0 Å².